The summed E-state index contributed by atoms with van der Waals surface area (Å²) in [5.74, 6) is -0.751. The molecule has 206 valence electrons. The van der Waals surface area contributed by atoms with Gasteiger partial charge in [-0.05, 0) is 67.4 Å². The Hall–Kier alpha value is -2.91. The molecular formula is C27H29BrFN5O4S. The molecule has 1 amide bonds. The summed E-state index contributed by atoms with van der Waals surface area (Å²) >= 11 is 4.71. The van der Waals surface area contributed by atoms with Crippen molar-refractivity contribution in [2.75, 3.05) is 12.8 Å². The van der Waals surface area contributed by atoms with E-state index >= 15 is 4.39 Å². The average Bonchev–Trinajstić information content (AvgIpc) is 3.55. The Morgan fingerprint density at radius 2 is 2.05 bits per heavy atom. The van der Waals surface area contributed by atoms with Gasteiger partial charge in [-0.1, -0.05) is 0 Å². The minimum Gasteiger partial charge on any atom is -0.481 e. The van der Waals surface area contributed by atoms with Crippen LogP contribution in [0, 0.1) is 23.1 Å². The fourth-order valence-corrected chi connectivity index (χ4v) is 6.75. The number of carboxylic acid groups (broad SMARTS) is 1. The summed E-state index contributed by atoms with van der Waals surface area (Å²) in [5, 5.41) is 19.7. The number of carbonyl (C=O) groups excluding carboxylic acids is 1. The van der Waals surface area contributed by atoms with Crippen molar-refractivity contribution in [3.63, 3.8) is 0 Å². The molecule has 1 saturated carbocycles. The van der Waals surface area contributed by atoms with Gasteiger partial charge in [0.15, 0.2) is 5.82 Å². The van der Waals surface area contributed by atoms with Crippen molar-refractivity contribution < 1.29 is 23.8 Å². The number of hydrogen-bond donors (Lipinski definition) is 1. The molecule has 12 heteroatoms. The van der Waals surface area contributed by atoms with Crippen LogP contribution < -0.4 is 0 Å². The number of benzene rings is 1. The van der Waals surface area contributed by atoms with Gasteiger partial charge in [0, 0.05) is 30.7 Å². The van der Waals surface area contributed by atoms with Crippen LogP contribution in [-0.4, -0.2) is 61.0 Å². The molecule has 2 aromatic heterocycles. The Kier molecular flexibility index (Phi) is 7.26. The van der Waals surface area contributed by atoms with Crippen LogP contribution in [0.1, 0.15) is 57.5 Å². The molecule has 1 aliphatic carbocycles. The van der Waals surface area contributed by atoms with Gasteiger partial charge in [0.1, 0.15) is 27.5 Å². The van der Waals surface area contributed by atoms with E-state index in [9.17, 15) is 14.7 Å². The van der Waals surface area contributed by atoms with E-state index in [0.717, 1.165) is 6.42 Å². The molecule has 3 atom stereocenters. The van der Waals surface area contributed by atoms with E-state index in [2.05, 4.69) is 27.0 Å². The van der Waals surface area contributed by atoms with Crippen molar-refractivity contribution in [1.29, 1.82) is 5.26 Å². The topological polar surface area (TPSA) is 121 Å². The fourth-order valence-electron chi connectivity index (χ4n) is 5.73. The van der Waals surface area contributed by atoms with E-state index in [-0.39, 0.29) is 53.3 Å². The summed E-state index contributed by atoms with van der Waals surface area (Å²) in [6, 6.07) is 3.66. The Morgan fingerprint density at radius 1 is 1.31 bits per heavy atom. The number of aryl methyl sites for hydroxylation is 2. The second-order valence-electron chi connectivity index (χ2n) is 11.0. The first-order valence-electron chi connectivity index (χ1n) is 12.8. The number of pyridine rings is 1. The molecular weight excluding hydrogens is 589 g/mol. The number of rotatable bonds is 7. The molecule has 3 aromatic rings. The highest BCUT2D eigenvalue weighted by molar-refractivity contribution is 9.10. The van der Waals surface area contributed by atoms with Crippen LogP contribution in [0.25, 0.3) is 21.9 Å². The van der Waals surface area contributed by atoms with Crippen molar-refractivity contribution in [2.24, 2.45) is 5.92 Å². The quantitative estimate of drug-likeness (QED) is 0.327. The fraction of sp³-hybridized carbons (Fsp3) is 0.519. The number of carbonyl (C=O) groups is 2. The van der Waals surface area contributed by atoms with Gasteiger partial charge in [0.25, 0.3) is 0 Å². The van der Waals surface area contributed by atoms with Crippen LogP contribution in [-0.2, 0) is 22.4 Å². The van der Waals surface area contributed by atoms with Crippen LogP contribution in [0.15, 0.2) is 15.6 Å². The van der Waals surface area contributed by atoms with Crippen LogP contribution >= 0.6 is 27.7 Å². The number of aliphatic carboxylic acids is 1. The first-order chi connectivity index (χ1) is 18.4. The van der Waals surface area contributed by atoms with Crippen molar-refractivity contribution in [1.82, 2.24) is 19.4 Å². The maximum atomic E-state index is 15.7. The highest BCUT2D eigenvalue weighted by atomic mass is 79.9. The monoisotopic (exact) mass is 617 g/mol. The Labute approximate surface area is 237 Å². The molecule has 3 aliphatic rings. The third kappa shape index (κ3) is 4.84. The molecule has 0 spiro atoms. The predicted molar refractivity (Wildman–Crippen MR) is 148 cm³/mol. The van der Waals surface area contributed by atoms with Gasteiger partial charge in [0.2, 0.25) is 0 Å². The van der Waals surface area contributed by atoms with E-state index in [4.69, 9.17) is 15.0 Å². The largest absolute Gasteiger partial charge is 0.481 e. The van der Waals surface area contributed by atoms with Gasteiger partial charge in [-0.25, -0.2) is 19.2 Å². The number of nitrogens with zero attached hydrogens (tertiary/aromatic N) is 5. The number of ether oxygens (including phenoxy) is 1. The summed E-state index contributed by atoms with van der Waals surface area (Å²) in [7, 11) is 0. The lowest BCUT2D eigenvalue weighted by Gasteiger charge is -2.39. The molecule has 3 unspecified atom stereocenters. The average molecular weight is 619 g/mol. The molecule has 1 N–H and O–H groups in total. The first-order valence-corrected chi connectivity index (χ1v) is 14.8. The highest BCUT2D eigenvalue weighted by Gasteiger charge is 2.56. The van der Waals surface area contributed by atoms with E-state index in [1.165, 1.54) is 11.8 Å². The summed E-state index contributed by atoms with van der Waals surface area (Å²) < 4.78 is 23.7. The molecule has 0 radical (unpaired) electrons. The lowest BCUT2D eigenvalue weighted by molar-refractivity contribution is -0.137. The number of carboxylic acids is 1. The molecule has 3 fully saturated rings. The number of thioether (sulfide) groups is 1. The number of halogens is 2. The van der Waals surface area contributed by atoms with Gasteiger partial charge in [-0.15, -0.1) is 11.8 Å². The Balaban J connectivity index is 1.73. The molecule has 9 nitrogen and oxygen atoms in total. The number of fused-ring (bicyclic) bond motifs is 4. The van der Waals surface area contributed by atoms with E-state index in [0.29, 0.717) is 45.8 Å². The third-order valence-corrected chi connectivity index (χ3v) is 8.88. The second-order valence-corrected chi connectivity index (χ2v) is 12.6. The first kappa shape index (κ1) is 27.6. The van der Waals surface area contributed by atoms with Gasteiger partial charge in [0.05, 0.1) is 34.6 Å². The summed E-state index contributed by atoms with van der Waals surface area (Å²) in [6.45, 7) is 6.01. The summed E-state index contributed by atoms with van der Waals surface area (Å²) in [4.78, 5) is 35.8. The van der Waals surface area contributed by atoms with Crippen LogP contribution in [0.5, 0.6) is 0 Å². The van der Waals surface area contributed by atoms with E-state index in [1.807, 2.05) is 37.7 Å². The second kappa shape index (κ2) is 10.2. The number of hydrogen-bond acceptors (Lipinski definition) is 7. The predicted octanol–water partition coefficient (Wildman–Crippen LogP) is 5.86. The number of aromatic nitrogens is 3. The molecule has 2 aliphatic heterocycles. The smallest absolute Gasteiger partial charge is 0.410 e. The zero-order valence-corrected chi connectivity index (χ0v) is 24.5. The van der Waals surface area contributed by atoms with Crippen LogP contribution in [0.2, 0.25) is 0 Å². The van der Waals surface area contributed by atoms with Crippen molar-refractivity contribution in [3.05, 3.63) is 27.7 Å². The maximum Gasteiger partial charge on any atom is 0.410 e. The standard InChI is InChI=1S/C27H29BrFN5O4S/c1-27(2,3)38-26(37)33-12-14-11-16(33)23(14)34-17(7-8-18(35)36)31-22-24(34)15-10-13(6-5-9-30)19(28)20(29)21(15)32-25(22)39-4/h10,14,16,23H,5-8,11-12H2,1-4H3,(H,35,36). The van der Waals surface area contributed by atoms with Gasteiger partial charge >= 0.3 is 12.1 Å². The van der Waals surface area contributed by atoms with E-state index < -0.39 is 17.4 Å². The molecule has 2 saturated heterocycles. The van der Waals surface area contributed by atoms with Gasteiger partial charge < -0.3 is 19.3 Å². The van der Waals surface area contributed by atoms with Crippen molar-refractivity contribution >= 4 is 61.7 Å². The van der Waals surface area contributed by atoms with Gasteiger partial charge in [-0.3, -0.25) is 4.79 Å². The lowest BCUT2D eigenvalue weighted by Crippen LogP contribution is -2.44. The zero-order chi connectivity index (χ0) is 28.2. The van der Waals surface area contributed by atoms with Crippen molar-refractivity contribution in [3.8, 4) is 6.07 Å². The third-order valence-electron chi connectivity index (χ3n) is 7.35. The number of nitriles is 1. The van der Waals surface area contributed by atoms with Gasteiger partial charge in [-0.2, -0.15) is 5.26 Å². The summed E-state index contributed by atoms with van der Waals surface area (Å²) in [5.41, 5.74) is 1.46. The Morgan fingerprint density at radius 3 is 2.69 bits per heavy atom. The van der Waals surface area contributed by atoms with Crippen LogP contribution in [0.3, 0.4) is 0 Å². The zero-order valence-electron chi connectivity index (χ0n) is 22.1. The molecule has 4 heterocycles. The Bertz CT molecular complexity index is 1550. The minimum absolute atomic E-state index is 0.117. The molecule has 1 aromatic carbocycles. The SMILES string of the molecule is CSc1nc2c(F)c(Br)c(CCC#N)cc2c2c1nc(CCC(=O)O)n2C1C2CC1N(C(=O)OC(C)(C)C)C2. The highest BCUT2D eigenvalue weighted by Crippen LogP contribution is 2.52. The minimum atomic E-state index is -0.942. The summed E-state index contributed by atoms with van der Waals surface area (Å²) in [6.07, 6.45) is 2.92. The normalized spacial score (nSPS) is 20.3. The lowest BCUT2D eigenvalue weighted by atomic mass is 9.79. The molecule has 2 bridgehead atoms. The number of amides is 1. The maximum absolute atomic E-state index is 15.7. The van der Waals surface area contributed by atoms with Crippen LogP contribution in [0.4, 0.5) is 9.18 Å². The van der Waals surface area contributed by atoms with E-state index in [1.54, 1.807) is 4.90 Å². The molecule has 6 rings (SSSR count). The number of imidazole rings is 1. The van der Waals surface area contributed by atoms with Crippen molar-refractivity contribution in [2.45, 2.75) is 75.6 Å². The molecule has 39 heavy (non-hydrogen) atoms.